The molecule has 0 spiro atoms. The van der Waals surface area contributed by atoms with Crippen LogP contribution < -0.4 is 0 Å². The van der Waals surface area contributed by atoms with Gasteiger partial charge in [-0.05, 0) is 42.7 Å². The monoisotopic (exact) mass is 374 g/mol. The molecule has 3 aromatic rings. The molecule has 0 saturated carbocycles. The van der Waals surface area contributed by atoms with Gasteiger partial charge < -0.3 is 0 Å². The van der Waals surface area contributed by atoms with Gasteiger partial charge in [-0.3, -0.25) is 0 Å². The maximum Gasteiger partial charge on any atom is 0.175 e. The highest BCUT2D eigenvalue weighted by Crippen LogP contribution is 2.34. The topological polar surface area (TPSA) is 43.6 Å². The van der Waals surface area contributed by atoms with Crippen LogP contribution in [-0.2, 0) is 18.6 Å². The van der Waals surface area contributed by atoms with Crippen molar-refractivity contribution in [1.82, 2.24) is 20.0 Å². The van der Waals surface area contributed by atoms with Gasteiger partial charge in [0.1, 0.15) is 0 Å². The predicted molar refractivity (Wildman–Crippen MR) is 101 cm³/mol. The molecule has 0 N–H and O–H groups in total. The van der Waals surface area contributed by atoms with E-state index in [1.165, 1.54) is 23.4 Å². The lowest BCUT2D eigenvalue weighted by atomic mass is 10.2. The van der Waals surface area contributed by atoms with E-state index in [2.05, 4.69) is 46.1 Å². The number of fused-ring (bicyclic) bond motifs is 1. The molecule has 0 bridgehead atoms. The minimum atomic E-state index is 0.869. The Labute approximate surface area is 154 Å². The smallest absolute Gasteiger partial charge is 0.175 e. The first-order valence-electron chi connectivity index (χ1n) is 8.09. The van der Waals surface area contributed by atoms with Crippen LogP contribution in [0.1, 0.15) is 30.3 Å². The van der Waals surface area contributed by atoms with E-state index in [9.17, 15) is 0 Å². The van der Waals surface area contributed by atoms with Crippen molar-refractivity contribution in [3.63, 3.8) is 0 Å². The fourth-order valence-electron chi connectivity index (χ4n) is 2.98. The van der Waals surface area contributed by atoms with Crippen molar-refractivity contribution in [2.75, 3.05) is 5.75 Å². The van der Waals surface area contributed by atoms with Crippen molar-refractivity contribution >= 4 is 34.9 Å². The highest BCUT2D eigenvalue weighted by molar-refractivity contribution is 8.02. The lowest BCUT2D eigenvalue weighted by Gasteiger charge is -2.04. The maximum atomic E-state index is 4.91. The number of hydrogen-bond acceptors (Lipinski definition) is 6. The van der Waals surface area contributed by atoms with Gasteiger partial charge in [-0.25, -0.2) is 4.68 Å². The van der Waals surface area contributed by atoms with Crippen molar-refractivity contribution in [2.24, 2.45) is 0 Å². The molecule has 0 unspecified atom stereocenters. The number of benzene rings is 1. The molecule has 0 radical (unpaired) electrons. The Bertz CT molecular complexity index is 826. The zero-order chi connectivity index (χ0) is 16.4. The van der Waals surface area contributed by atoms with Gasteiger partial charge in [-0.15, -0.1) is 10.2 Å². The third kappa shape index (κ3) is 3.25. The Balaban J connectivity index is 1.55. The largest absolute Gasteiger partial charge is 0.237 e. The van der Waals surface area contributed by atoms with Crippen LogP contribution in [0.3, 0.4) is 0 Å². The number of para-hydroxylation sites is 1. The Morgan fingerprint density at radius 3 is 2.67 bits per heavy atom. The van der Waals surface area contributed by atoms with Gasteiger partial charge in [0.05, 0.1) is 11.4 Å². The van der Waals surface area contributed by atoms with E-state index in [0.717, 1.165) is 38.7 Å². The summed E-state index contributed by atoms with van der Waals surface area (Å²) >= 11 is 5.18. The van der Waals surface area contributed by atoms with Crippen molar-refractivity contribution in [3.05, 3.63) is 47.3 Å². The van der Waals surface area contributed by atoms with Crippen molar-refractivity contribution in [1.29, 1.82) is 0 Å². The highest BCUT2D eigenvalue weighted by atomic mass is 32.2. The van der Waals surface area contributed by atoms with Crippen LogP contribution in [0.5, 0.6) is 0 Å². The zero-order valence-electron chi connectivity index (χ0n) is 13.4. The zero-order valence-corrected chi connectivity index (χ0v) is 15.9. The third-order valence-electron chi connectivity index (χ3n) is 4.00. The lowest BCUT2D eigenvalue weighted by Crippen LogP contribution is -2.01. The number of thioether (sulfide) groups is 2. The standard InChI is InChI=1S/C17H18N4S3/c1-2-22-16-18-19-17(24-16)23-11-14-13-9-6-10-15(13)21(20-14)12-7-4-3-5-8-12/h3-5,7-8H,2,6,9-11H2,1H3. The Kier molecular flexibility index (Phi) is 4.91. The van der Waals surface area contributed by atoms with E-state index >= 15 is 0 Å². The summed E-state index contributed by atoms with van der Waals surface area (Å²) in [5.41, 5.74) is 5.19. The summed E-state index contributed by atoms with van der Waals surface area (Å²) in [4.78, 5) is 0. The third-order valence-corrected chi connectivity index (χ3v) is 7.09. The molecular formula is C17H18N4S3. The molecule has 7 heteroatoms. The van der Waals surface area contributed by atoms with Gasteiger partial charge in [0.2, 0.25) is 0 Å². The lowest BCUT2D eigenvalue weighted by molar-refractivity contribution is 0.771. The molecule has 124 valence electrons. The van der Waals surface area contributed by atoms with Crippen LogP contribution in [0.2, 0.25) is 0 Å². The predicted octanol–water partition coefficient (Wildman–Crippen LogP) is 4.62. The Hall–Kier alpha value is -1.31. The number of rotatable bonds is 6. The van der Waals surface area contributed by atoms with Crippen molar-refractivity contribution < 1.29 is 0 Å². The molecule has 0 fully saturated rings. The minimum absolute atomic E-state index is 0.869. The minimum Gasteiger partial charge on any atom is -0.237 e. The number of nitrogens with zero attached hydrogens (tertiary/aromatic N) is 4. The average molecular weight is 375 g/mol. The SMILES string of the molecule is CCSc1nnc(SCc2nn(-c3ccccc3)c3c2CCC3)s1. The van der Waals surface area contributed by atoms with E-state index in [-0.39, 0.29) is 0 Å². The summed E-state index contributed by atoms with van der Waals surface area (Å²) in [7, 11) is 0. The van der Waals surface area contributed by atoms with Crippen LogP contribution in [-0.4, -0.2) is 25.7 Å². The second-order valence-corrected chi connectivity index (χ2v) is 9.24. The normalized spacial score (nSPS) is 13.4. The molecule has 1 aliphatic rings. The molecular weight excluding hydrogens is 356 g/mol. The van der Waals surface area contributed by atoms with Crippen LogP contribution in [0.4, 0.5) is 0 Å². The molecule has 0 amide bonds. The van der Waals surface area contributed by atoms with Gasteiger partial charge >= 0.3 is 0 Å². The van der Waals surface area contributed by atoms with E-state index in [1.54, 1.807) is 34.9 Å². The molecule has 4 rings (SSSR count). The summed E-state index contributed by atoms with van der Waals surface area (Å²) in [6.45, 7) is 2.14. The van der Waals surface area contributed by atoms with E-state index in [0.29, 0.717) is 0 Å². The second-order valence-electron chi connectivity index (χ2n) is 5.53. The van der Waals surface area contributed by atoms with E-state index < -0.39 is 0 Å². The second kappa shape index (κ2) is 7.29. The molecule has 24 heavy (non-hydrogen) atoms. The first kappa shape index (κ1) is 16.2. The molecule has 2 heterocycles. The molecule has 2 aromatic heterocycles. The van der Waals surface area contributed by atoms with Gasteiger partial charge in [0.25, 0.3) is 0 Å². The molecule has 4 nitrogen and oxygen atoms in total. The van der Waals surface area contributed by atoms with Gasteiger partial charge in [0.15, 0.2) is 8.68 Å². The van der Waals surface area contributed by atoms with Gasteiger partial charge in [-0.1, -0.05) is 60.0 Å². The van der Waals surface area contributed by atoms with Crippen LogP contribution in [0.15, 0.2) is 39.0 Å². The molecule has 0 aliphatic heterocycles. The molecule has 0 saturated heterocycles. The first-order valence-corrected chi connectivity index (χ1v) is 10.9. The fourth-order valence-corrected chi connectivity index (χ4v) is 5.86. The average Bonchev–Trinajstić information content (AvgIpc) is 3.31. The Morgan fingerprint density at radius 2 is 1.88 bits per heavy atom. The van der Waals surface area contributed by atoms with Gasteiger partial charge in [0, 0.05) is 11.4 Å². The molecule has 0 atom stereocenters. The van der Waals surface area contributed by atoms with E-state index in [1.807, 2.05) is 6.07 Å². The summed E-state index contributed by atoms with van der Waals surface area (Å²) in [6.07, 6.45) is 3.50. The van der Waals surface area contributed by atoms with Crippen molar-refractivity contribution in [2.45, 2.75) is 40.6 Å². The first-order chi connectivity index (χ1) is 11.8. The van der Waals surface area contributed by atoms with E-state index in [4.69, 9.17) is 5.10 Å². The molecule has 1 aromatic carbocycles. The van der Waals surface area contributed by atoms with Crippen molar-refractivity contribution in [3.8, 4) is 5.69 Å². The summed E-state index contributed by atoms with van der Waals surface area (Å²) in [6, 6.07) is 10.4. The Morgan fingerprint density at radius 1 is 1.08 bits per heavy atom. The quantitative estimate of drug-likeness (QED) is 0.589. The fraction of sp³-hybridized carbons (Fsp3) is 0.353. The highest BCUT2D eigenvalue weighted by Gasteiger charge is 2.23. The maximum absolute atomic E-state index is 4.91. The van der Waals surface area contributed by atoms with Gasteiger partial charge in [-0.2, -0.15) is 5.10 Å². The molecule has 1 aliphatic carbocycles. The summed E-state index contributed by atoms with van der Waals surface area (Å²) in [5.74, 6) is 1.90. The summed E-state index contributed by atoms with van der Waals surface area (Å²) < 4.78 is 4.23. The van der Waals surface area contributed by atoms with Crippen LogP contribution >= 0.6 is 34.9 Å². The summed E-state index contributed by atoms with van der Waals surface area (Å²) in [5, 5.41) is 13.4. The van der Waals surface area contributed by atoms with Crippen LogP contribution in [0, 0.1) is 0 Å². The number of aromatic nitrogens is 4. The number of hydrogen-bond donors (Lipinski definition) is 0. The van der Waals surface area contributed by atoms with Crippen LogP contribution in [0.25, 0.3) is 5.69 Å².